The molecule has 0 spiro atoms. The van der Waals surface area contributed by atoms with Crippen molar-refractivity contribution in [2.75, 3.05) is 0 Å². The molecule has 4 nitrogen and oxygen atoms in total. The van der Waals surface area contributed by atoms with Crippen LogP contribution >= 0.6 is 15.9 Å². The molecule has 0 aliphatic carbocycles. The molecule has 0 saturated heterocycles. The molecule has 0 fully saturated rings. The Morgan fingerprint density at radius 1 is 1.47 bits per heavy atom. The van der Waals surface area contributed by atoms with Crippen LogP contribution < -0.4 is 5.43 Å². The van der Waals surface area contributed by atoms with Gasteiger partial charge in [-0.15, -0.1) is 0 Å². The molecule has 1 aromatic carbocycles. The first-order valence-corrected chi connectivity index (χ1v) is 4.90. The minimum absolute atomic E-state index is 0.215. The summed E-state index contributed by atoms with van der Waals surface area (Å²) in [5.41, 5.74) is 0.485. The van der Waals surface area contributed by atoms with Crippen molar-refractivity contribution >= 4 is 33.1 Å². The van der Waals surface area contributed by atoms with Gasteiger partial charge in [0.15, 0.2) is 0 Å². The second-order valence-electron chi connectivity index (χ2n) is 2.91. The summed E-state index contributed by atoms with van der Waals surface area (Å²) in [7, 11) is 0. The minimum Gasteiger partial charge on any atom is -0.463 e. The predicted molar refractivity (Wildman–Crippen MR) is 59.6 cm³/mol. The summed E-state index contributed by atoms with van der Waals surface area (Å²) in [6, 6.07) is 5.11. The quantitative estimate of drug-likeness (QED) is 0.490. The van der Waals surface area contributed by atoms with Crippen LogP contribution in [-0.2, 0) is 0 Å². The number of halogens is 1. The Morgan fingerprint density at radius 2 is 2.27 bits per heavy atom. The van der Waals surface area contributed by atoms with Crippen molar-refractivity contribution in [3.63, 3.8) is 0 Å². The Labute approximate surface area is 93.0 Å². The van der Waals surface area contributed by atoms with E-state index < -0.39 is 0 Å². The van der Waals surface area contributed by atoms with E-state index >= 15 is 0 Å². The van der Waals surface area contributed by atoms with Crippen LogP contribution in [0.4, 0.5) is 0 Å². The molecular weight excluding hydrogens is 262 g/mol. The summed E-state index contributed by atoms with van der Waals surface area (Å²) >= 11 is 3.28. The molecule has 76 valence electrons. The van der Waals surface area contributed by atoms with Crippen molar-refractivity contribution in [2.45, 2.75) is 0 Å². The highest BCUT2D eigenvalue weighted by Gasteiger charge is 2.05. The van der Waals surface area contributed by atoms with Gasteiger partial charge in [0.05, 0.1) is 17.2 Å². The molecule has 0 bridgehead atoms. The summed E-state index contributed by atoms with van der Waals surface area (Å²) in [5, 5.41) is 11.6. The van der Waals surface area contributed by atoms with Crippen LogP contribution in [-0.4, -0.2) is 11.4 Å². The molecule has 2 aromatic rings. The van der Waals surface area contributed by atoms with Gasteiger partial charge in [0, 0.05) is 4.47 Å². The van der Waals surface area contributed by atoms with E-state index in [1.54, 1.807) is 18.2 Å². The third-order valence-electron chi connectivity index (χ3n) is 1.96. The molecule has 2 rings (SSSR count). The number of hydrogen-bond acceptors (Lipinski definition) is 4. The molecule has 0 atom stereocenters. The normalized spacial score (nSPS) is 11.3. The Morgan fingerprint density at radius 3 is 3.00 bits per heavy atom. The first-order chi connectivity index (χ1) is 7.22. The van der Waals surface area contributed by atoms with Crippen LogP contribution in [0.3, 0.4) is 0 Å². The molecule has 0 aliphatic heterocycles. The van der Waals surface area contributed by atoms with Crippen molar-refractivity contribution in [1.29, 1.82) is 0 Å². The van der Waals surface area contributed by atoms with Crippen LogP contribution in [0.25, 0.3) is 11.0 Å². The number of benzene rings is 1. The van der Waals surface area contributed by atoms with Gasteiger partial charge in [-0.05, 0) is 18.2 Å². The number of hydrogen-bond donors (Lipinski definition) is 1. The average molecular weight is 268 g/mol. The van der Waals surface area contributed by atoms with Crippen LogP contribution in [0, 0.1) is 0 Å². The molecule has 5 heteroatoms. The molecular formula is C10H6BrNO3. The Bertz CT molecular complexity index is 589. The second-order valence-corrected chi connectivity index (χ2v) is 3.82. The number of rotatable bonds is 1. The first-order valence-electron chi connectivity index (χ1n) is 4.11. The molecule has 0 radical (unpaired) electrons. The van der Waals surface area contributed by atoms with Gasteiger partial charge < -0.3 is 9.62 Å². The van der Waals surface area contributed by atoms with Crippen LogP contribution in [0.5, 0.6) is 0 Å². The van der Waals surface area contributed by atoms with Gasteiger partial charge in [0.25, 0.3) is 0 Å². The van der Waals surface area contributed by atoms with Gasteiger partial charge in [-0.2, -0.15) is 0 Å². The minimum atomic E-state index is -0.221. The van der Waals surface area contributed by atoms with Crippen molar-refractivity contribution < 1.29 is 9.62 Å². The fraction of sp³-hybridized carbons (Fsp3) is 0. The Balaban J connectivity index is 2.80. The van der Waals surface area contributed by atoms with Gasteiger partial charge >= 0.3 is 0 Å². The van der Waals surface area contributed by atoms with E-state index in [9.17, 15) is 4.79 Å². The van der Waals surface area contributed by atoms with E-state index in [2.05, 4.69) is 21.1 Å². The maximum Gasteiger partial charge on any atom is 0.201 e. The van der Waals surface area contributed by atoms with Crippen LogP contribution in [0.1, 0.15) is 5.56 Å². The lowest BCUT2D eigenvalue weighted by Crippen LogP contribution is -2.07. The van der Waals surface area contributed by atoms with Crippen LogP contribution in [0.2, 0.25) is 0 Å². The number of oxime groups is 1. The van der Waals surface area contributed by atoms with E-state index in [0.29, 0.717) is 11.0 Å². The van der Waals surface area contributed by atoms with Crippen molar-refractivity contribution in [1.82, 2.24) is 0 Å². The maximum absolute atomic E-state index is 11.8. The van der Waals surface area contributed by atoms with E-state index in [-0.39, 0.29) is 11.0 Å². The second kappa shape index (κ2) is 3.86. The van der Waals surface area contributed by atoms with E-state index in [4.69, 9.17) is 9.62 Å². The van der Waals surface area contributed by atoms with Gasteiger partial charge in [0.2, 0.25) is 5.43 Å². The largest absolute Gasteiger partial charge is 0.463 e. The van der Waals surface area contributed by atoms with Gasteiger partial charge in [-0.3, -0.25) is 4.79 Å². The van der Waals surface area contributed by atoms with Crippen molar-refractivity contribution in [3.05, 3.63) is 44.7 Å². The first kappa shape index (κ1) is 9.92. The highest BCUT2D eigenvalue weighted by molar-refractivity contribution is 9.10. The standard InChI is InChI=1S/C10H6BrNO3/c11-7-1-2-8-9(3-7)15-5-6(4-12-14)10(8)13/h1-5,14H/b12-4-. The molecule has 0 saturated carbocycles. The van der Waals surface area contributed by atoms with E-state index in [1.165, 1.54) is 6.26 Å². The lowest BCUT2D eigenvalue weighted by atomic mass is 10.2. The molecule has 15 heavy (non-hydrogen) atoms. The summed E-state index contributed by atoms with van der Waals surface area (Å²) < 4.78 is 6.06. The summed E-state index contributed by atoms with van der Waals surface area (Å²) in [5.74, 6) is 0. The molecule has 1 heterocycles. The molecule has 0 unspecified atom stereocenters. The van der Waals surface area contributed by atoms with Gasteiger partial charge in [0.1, 0.15) is 11.8 Å². The smallest absolute Gasteiger partial charge is 0.201 e. The Kier molecular flexibility index (Phi) is 2.55. The topological polar surface area (TPSA) is 62.8 Å². The van der Waals surface area contributed by atoms with E-state index in [1.807, 2.05) is 0 Å². The third-order valence-corrected chi connectivity index (χ3v) is 2.45. The van der Waals surface area contributed by atoms with Crippen LogP contribution in [0.15, 0.2) is 43.3 Å². The van der Waals surface area contributed by atoms with Crippen molar-refractivity contribution in [3.8, 4) is 0 Å². The molecule has 0 amide bonds. The highest BCUT2D eigenvalue weighted by atomic mass is 79.9. The van der Waals surface area contributed by atoms with Gasteiger partial charge in [-0.1, -0.05) is 21.1 Å². The number of fused-ring (bicyclic) bond motifs is 1. The monoisotopic (exact) mass is 267 g/mol. The lowest BCUT2D eigenvalue weighted by molar-refractivity contribution is 0.321. The fourth-order valence-corrected chi connectivity index (χ4v) is 1.61. The zero-order chi connectivity index (χ0) is 10.8. The zero-order valence-electron chi connectivity index (χ0n) is 7.48. The summed E-state index contributed by atoms with van der Waals surface area (Å²) in [4.78, 5) is 11.8. The summed E-state index contributed by atoms with van der Waals surface area (Å²) in [6.45, 7) is 0. The molecule has 0 aliphatic rings. The number of nitrogens with zero attached hydrogens (tertiary/aromatic N) is 1. The Hall–Kier alpha value is -1.62. The predicted octanol–water partition coefficient (Wildman–Crippen LogP) is 2.36. The van der Waals surface area contributed by atoms with Gasteiger partial charge in [-0.25, -0.2) is 0 Å². The zero-order valence-corrected chi connectivity index (χ0v) is 9.06. The van der Waals surface area contributed by atoms with E-state index in [0.717, 1.165) is 10.7 Å². The fourth-order valence-electron chi connectivity index (χ4n) is 1.27. The SMILES string of the molecule is O=c1c(/C=N\O)coc2cc(Br)ccc12. The van der Waals surface area contributed by atoms with Crippen molar-refractivity contribution in [2.24, 2.45) is 5.16 Å². The summed E-state index contributed by atoms with van der Waals surface area (Å²) in [6.07, 6.45) is 2.31. The average Bonchev–Trinajstić information content (AvgIpc) is 2.22. The maximum atomic E-state index is 11.8. The highest BCUT2D eigenvalue weighted by Crippen LogP contribution is 2.17. The lowest BCUT2D eigenvalue weighted by Gasteiger charge is -1.97. The molecule has 1 N–H and O–H groups in total. The molecule has 1 aromatic heterocycles. The third kappa shape index (κ3) is 1.78.